The number of nitrogens with two attached hydrogens (primary N) is 1. The molecular weight excluding hydrogens is 278 g/mol. The summed E-state index contributed by atoms with van der Waals surface area (Å²) < 4.78 is 0. The Morgan fingerprint density at radius 2 is 1.65 bits per heavy atom. The van der Waals surface area contributed by atoms with Gasteiger partial charge in [0.2, 0.25) is 11.8 Å². The van der Waals surface area contributed by atoms with Gasteiger partial charge in [0, 0.05) is 26.7 Å². The molecule has 2 amide bonds. The molecule has 0 aliphatic heterocycles. The van der Waals surface area contributed by atoms with Crippen LogP contribution >= 0.6 is 12.4 Å². The van der Waals surface area contributed by atoms with Crippen molar-refractivity contribution >= 4 is 24.2 Å². The lowest BCUT2D eigenvalue weighted by molar-refractivity contribution is -0.145. The minimum Gasteiger partial charge on any atom is -0.342 e. The standard InChI is InChI=1S/C14H27N3O2.ClH/c1-4-17(5-2)12(18)10-16(3)13(19)14(11-15)8-6-7-9-14;/h4-11,15H2,1-3H3;1H. The number of carbonyl (C=O) groups excluding carboxylic acids is 2. The van der Waals surface area contributed by atoms with Gasteiger partial charge in [-0.3, -0.25) is 9.59 Å². The monoisotopic (exact) mass is 305 g/mol. The molecule has 0 spiro atoms. The Balaban J connectivity index is 0.00000361. The molecule has 1 fully saturated rings. The van der Waals surface area contributed by atoms with Crippen LogP contribution in [0.2, 0.25) is 0 Å². The first kappa shape index (κ1) is 19.2. The van der Waals surface area contributed by atoms with Crippen LogP contribution in [0.5, 0.6) is 0 Å². The van der Waals surface area contributed by atoms with Gasteiger partial charge in [-0.1, -0.05) is 12.8 Å². The Morgan fingerprint density at radius 1 is 1.15 bits per heavy atom. The predicted octanol–water partition coefficient (Wildman–Crippen LogP) is 1.25. The summed E-state index contributed by atoms with van der Waals surface area (Å²) in [6.45, 7) is 5.79. The number of halogens is 1. The fraction of sp³-hybridized carbons (Fsp3) is 0.857. The van der Waals surface area contributed by atoms with Gasteiger partial charge in [-0.15, -0.1) is 12.4 Å². The molecule has 0 bridgehead atoms. The van der Waals surface area contributed by atoms with Crippen molar-refractivity contribution < 1.29 is 9.59 Å². The van der Waals surface area contributed by atoms with Gasteiger partial charge in [0.1, 0.15) is 0 Å². The number of amides is 2. The van der Waals surface area contributed by atoms with E-state index in [4.69, 9.17) is 5.73 Å². The summed E-state index contributed by atoms with van der Waals surface area (Å²) >= 11 is 0. The molecule has 0 unspecified atom stereocenters. The first-order chi connectivity index (χ1) is 9.00. The van der Waals surface area contributed by atoms with Crippen LogP contribution in [0.3, 0.4) is 0 Å². The van der Waals surface area contributed by atoms with Gasteiger partial charge in [0.15, 0.2) is 0 Å². The maximum Gasteiger partial charge on any atom is 0.242 e. The molecule has 0 saturated heterocycles. The van der Waals surface area contributed by atoms with Crippen LogP contribution in [0.4, 0.5) is 0 Å². The van der Waals surface area contributed by atoms with E-state index in [2.05, 4.69) is 0 Å². The van der Waals surface area contributed by atoms with E-state index in [1.807, 2.05) is 13.8 Å². The third kappa shape index (κ3) is 4.09. The Kier molecular flexibility index (Phi) is 8.13. The van der Waals surface area contributed by atoms with E-state index in [0.717, 1.165) is 25.7 Å². The average molecular weight is 306 g/mol. The van der Waals surface area contributed by atoms with E-state index >= 15 is 0 Å². The highest BCUT2D eigenvalue weighted by atomic mass is 35.5. The summed E-state index contributed by atoms with van der Waals surface area (Å²) in [5.41, 5.74) is 5.39. The van der Waals surface area contributed by atoms with Crippen molar-refractivity contribution in [3.63, 3.8) is 0 Å². The average Bonchev–Trinajstić information content (AvgIpc) is 2.89. The molecular formula is C14H28ClN3O2. The molecule has 118 valence electrons. The van der Waals surface area contributed by atoms with E-state index in [1.165, 1.54) is 0 Å². The van der Waals surface area contributed by atoms with Crippen molar-refractivity contribution in [3.8, 4) is 0 Å². The van der Waals surface area contributed by atoms with Crippen LogP contribution in [0.25, 0.3) is 0 Å². The van der Waals surface area contributed by atoms with Crippen molar-refractivity contribution in [1.82, 2.24) is 9.80 Å². The quantitative estimate of drug-likeness (QED) is 0.803. The van der Waals surface area contributed by atoms with Crippen molar-refractivity contribution in [3.05, 3.63) is 0 Å². The van der Waals surface area contributed by atoms with Gasteiger partial charge in [-0.25, -0.2) is 0 Å². The van der Waals surface area contributed by atoms with Gasteiger partial charge in [0.25, 0.3) is 0 Å². The number of hydrogen-bond acceptors (Lipinski definition) is 3. The van der Waals surface area contributed by atoms with Gasteiger partial charge >= 0.3 is 0 Å². The minimum absolute atomic E-state index is 0. The minimum atomic E-state index is -0.418. The Hall–Kier alpha value is -0.810. The molecule has 1 aliphatic rings. The highest BCUT2D eigenvalue weighted by Crippen LogP contribution is 2.38. The van der Waals surface area contributed by atoms with Crippen LogP contribution in [-0.2, 0) is 9.59 Å². The lowest BCUT2D eigenvalue weighted by atomic mass is 9.85. The molecule has 1 rings (SSSR count). The topological polar surface area (TPSA) is 66.6 Å². The maximum atomic E-state index is 12.5. The zero-order valence-electron chi connectivity index (χ0n) is 12.9. The molecule has 1 saturated carbocycles. The fourth-order valence-electron chi connectivity index (χ4n) is 2.91. The third-order valence-corrected chi connectivity index (χ3v) is 4.24. The van der Waals surface area contributed by atoms with Gasteiger partial charge in [0.05, 0.1) is 12.0 Å². The fourth-order valence-corrected chi connectivity index (χ4v) is 2.91. The largest absolute Gasteiger partial charge is 0.342 e. The zero-order chi connectivity index (χ0) is 14.5. The van der Waals surface area contributed by atoms with E-state index in [0.29, 0.717) is 19.6 Å². The normalized spacial score (nSPS) is 16.4. The first-order valence-electron chi connectivity index (χ1n) is 7.24. The number of carbonyl (C=O) groups is 2. The second kappa shape index (κ2) is 8.47. The van der Waals surface area contributed by atoms with E-state index < -0.39 is 5.41 Å². The van der Waals surface area contributed by atoms with Crippen molar-refractivity contribution in [2.24, 2.45) is 11.1 Å². The van der Waals surface area contributed by atoms with E-state index in [1.54, 1.807) is 16.8 Å². The Labute approximate surface area is 128 Å². The lowest BCUT2D eigenvalue weighted by Gasteiger charge is -2.32. The summed E-state index contributed by atoms with van der Waals surface area (Å²) in [6.07, 6.45) is 3.82. The maximum absolute atomic E-state index is 12.5. The van der Waals surface area contributed by atoms with Crippen molar-refractivity contribution in [1.29, 1.82) is 0 Å². The molecule has 0 aromatic rings. The number of rotatable bonds is 6. The van der Waals surface area contributed by atoms with Crippen molar-refractivity contribution in [2.45, 2.75) is 39.5 Å². The molecule has 0 atom stereocenters. The van der Waals surface area contributed by atoms with Crippen LogP contribution in [0, 0.1) is 5.41 Å². The van der Waals surface area contributed by atoms with Crippen LogP contribution in [-0.4, -0.2) is 54.8 Å². The molecule has 20 heavy (non-hydrogen) atoms. The molecule has 6 heteroatoms. The van der Waals surface area contributed by atoms with Crippen molar-refractivity contribution in [2.75, 3.05) is 33.2 Å². The smallest absolute Gasteiger partial charge is 0.242 e. The molecule has 5 nitrogen and oxygen atoms in total. The molecule has 0 aromatic heterocycles. The predicted molar refractivity (Wildman–Crippen MR) is 82.8 cm³/mol. The molecule has 0 radical (unpaired) electrons. The third-order valence-electron chi connectivity index (χ3n) is 4.24. The van der Waals surface area contributed by atoms with Gasteiger partial charge in [-0.05, 0) is 26.7 Å². The Morgan fingerprint density at radius 3 is 2.05 bits per heavy atom. The van der Waals surface area contributed by atoms with Crippen LogP contribution < -0.4 is 5.73 Å². The number of hydrogen-bond donors (Lipinski definition) is 1. The van der Waals surface area contributed by atoms with E-state index in [-0.39, 0.29) is 30.8 Å². The highest BCUT2D eigenvalue weighted by molar-refractivity contribution is 5.88. The first-order valence-corrected chi connectivity index (χ1v) is 7.24. The summed E-state index contributed by atoms with van der Waals surface area (Å²) in [6, 6.07) is 0. The zero-order valence-corrected chi connectivity index (χ0v) is 13.7. The molecule has 0 aromatic carbocycles. The summed E-state index contributed by atoms with van der Waals surface area (Å²) in [5.74, 6) is 0.0408. The summed E-state index contributed by atoms with van der Waals surface area (Å²) in [5, 5.41) is 0. The second-order valence-corrected chi connectivity index (χ2v) is 5.42. The second-order valence-electron chi connectivity index (χ2n) is 5.42. The molecule has 0 heterocycles. The highest BCUT2D eigenvalue weighted by Gasteiger charge is 2.41. The van der Waals surface area contributed by atoms with E-state index in [9.17, 15) is 9.59 Å². The molecule has 2 N–H and O–H groups in total. The van der Waals surface area contributed by atoms with Crippen LogP contribution in [0.15, 0.2) is 0 Å². The van der Waals surface area contributed by atoms with Crippen LogP contribution in [0.1, 0.15) is 39.5 Å². The van der Waals surface area contributed by atoms with Gasteiger partial charge in [-0.2, -0.15) is 0 Å². The van der Waals surface area contributed by atoms with Gasteiger partial charge < -0.3 is 15.5 Å². The lowest BCUT2D eigenvalue weighted by Crippen LogP contribution is -2.48. The Bertz CT molecular complexity index is 326. The summed E-state index contributed by atoms with van der Waals surface area (Å²) in [4.78, 5) is 27.8. The number of likely N-dealkylation sites (N-methyl/N-ethyl adjacent to an activating group) is 2. The molecule has 1 aliphatic carbocycles. The summed E-state index contributed by atoms with van der Waals surface area (Å²) in [7, 11) is 1.71. The number of nitrogens with zero attached hydrogens (tertiary/aromatic N) is 2. The SMILES string of the molecule is CCN(CC)C(=O)CN(C)C(=O)C1(CN)CCCC1.Cl.